The zero-order valence-electron chi connectivity index (χ0n) is 12.3. The summed E-state index contributed by atoms with van der Waals surface area (Å²) in [6, 6.07) is 3.01. The lowest BCUT2D eigenvalue weighted by atomic mass is 10.1. The molecular weight excluding hydrogens is 292 g/mol. The number of ether oxygens (including phenoxy) is 1. The minimum Gasteiger partial charge on any atom is -0.480 e. The van der Waals surface area contributed by atoms with Gasteiger partial charge in [0.05, 0.1) is 42.3 Å². The summed E-state index contributed by atoms with van der Waals surface area (Å²) >= 11 is 6.21. The van der Waals surface area contributed by atoms with E-state index in [1.165, 1.54) is 7.11 Å². The lowest BCUT2D eigenvalue weighted by molar-refractivity contribution is 0.367. The van der Waals surface area contributed by atoms with Gasteiger partial charge in [0.2, 0.25) is 5.88 Å². The Labute approximate surface area is 128 Å². The van der Waals surface area contributed by atoms with Crippen LogP contribution < -0.4 is 10.5 Å². The molecule has 0 aromatic carbocycles. The molecule has 2 aromatic rings. The van der Waals surface area contributed by atoms with E-state index < -0.39 is 6.04 Å². The third-order valence-corrected chi connectivity index (χ3v) is 3.37. The van der Waals surface area contributed by atoms with Crippen LogP contribution in [0.2, 0.25) is 5.02 Å². The van der Waals surface area contributed by atoms with Gasteiger partial charge in [0.25, 0.3) is 0 Å². The maximum absolute atomic E-state index is 6.26. The Kier molecular flexibility index (Phi) is 5.11. The van der Waals surface area contributed by atoms with Crippen molar-refractivity contribution >= 4 is 11.6 Å². The summed E-state index contributed by atoms with van der Waals surface area (Å²) in [5, 5.41) is 12.8. The predicted molar refractivity (Wildman–Crippen MR) is 80.4 cm³/mol. The van der Waals surface area contributed by atoms with Crippen LogP contribution >= 0.6 is 11.6 Å². The van der Waals surface area contributed by atoms with Gasteiger partial charge in [-0.2, -0.15) is 5.10 Å². The molecule has 7 nitrogen and oxygen atoms in total. The summed E-state index contributed by atoms with van der Waals surface area (Å²) in [6.07, 6.45) is 1.60. The van der Waals surface area contributed by atoms with Gasteiger partial charge in [-0.1, -0.05) is 11.6 Å². The molecule has 114 valence electrons. The molecule has 2 N–H and O–H groups in total. The van der Waals surface area contributed by atoms with Crippen molar-refractivity contribution in [3.63, 3.8) is 0 Å². The molecule has 21 heavy (non-hydrogen) atoms. The van der Waals surface area contributed by atoms with Crippen LogP contribution in [-0.4, -0.2) is 52.6 Å². The third kappa shape index (κ3) is 3.69. The summed E-state index contributed by atoms with van der Waals surface area (Å²) in [5.74, 6) is 0.443. The Bertz CT molecular complexity index is 583. The van der Waals surface area contributed by atoms with E-state index in [0.29, 0.717) is 23.1 Å². The van der Waals surface area contributed by atoms with Crippen molar-refractivity contribution in [3.05, 3.63) is 34.7 Å². The fraction of sp³-hybridized carbons (Fsp3) is 0.462. The van der Waals surface area contributed by atoms with Crippen molar-refractivity contribution in [1.82, 2.24) is 24.9 Å². The van der Waals surface area contributed by atoms with E-state index in [1.54, 1.807) is 23.0 Å². The molecule has 0 spiro atoms. The predicted octanol–water partition coefficient (Wildman–Crippen LogP) is 0.945. The molecule has 2 heterocycles. The molecular formula is C13H19ClN6O. The molecule has 0 aliphatic carbocycles. The van der Waals surface area contributed by atoms with Crippen molar-refractivity contribution in [2.45, 2.75) is 12.6 Å². The normalized spacial score (nSPS) is 12.7. The number of hydrogen-bond donors (Lipinski definition) is 1. The highest BCUT2D eigenvalue weighted by Gasteiger charge is 2.20. The van der Waals surface area contributed by atoms with E-state index in [-0.39, 0.29) is 0 Å². The maximum atomic E-state index is 6.26. The molecule has 2 aromatic heterocycles. The first-order valence-corrected chi connectivity index (χ1v) is 6.90. The summed E-state index contributed by atoms with van der Waals surface area (Å²) in [7, 11) is 5.54. The SMILES string of the molecule is COc1ccc(C(N)c2c(Cl)cnn2CCN(C)C)nn1. The summed E-state index contributed by atoms with van der Waals surface area (Å²) < 4.78 is 6.79. The minimum absolute atomic E-state index is 0.443. The van der Waals surface area contributed by atoms with Crippen LogP contribution in [0.15, 0.2) is 18.3 Å². The molecule has 0 aliphatic heterocycles. The van der Waals surface area contributed by atoms with Crippen molar-refractivity contribution < 1.29 is 4.74 Å². The van der Waals surface area contributed by atoms with Crippen LogP contribution in [0.25, 0.3) is 0 Å². The summed E-state index contributed by atoms with van der Waals surface area (Å²) in [5.41, 5.74) is 7.61. The van der Waals surface area contributed by atoms with E-state index >= 15 is 0 Å². The highest BCUT2D eigenvalue weighted by atomic mass is 35.5. The van der Waals surface area contributed by atoms with Gasteiger partial charge in [0.1, 0.15) is 0 Å². The highest BCUT2D eigenvalue weighted by Crippen LogP contribution is 2.25. The Hall–Kier alpha value is -1.70. The smallest absolute Gasteiger partial charge is 0.233 e. The molecule has 2 rings (SSSR count). The first-order chi connectivity index (χ1) is 10.0. The average Bonchev–Trinajstić information content (AvgIpc) is 2.85. The lowest BCUT2D eigenvalue weighted by Gasteiger charge is -2.16. The minimum atomic E-state index is -0.486. The zero-order chi connectivity index (χ0) is 15.4. The van der Waals surface area contributed by atoms with E-state index in [4.69, 9.17) is 22.1 Å². The van der Waals surface area contributed by atoms with Gasteiger partial charge in [-0.3, -0.25) is 4.68 Å². The molecule has 0 fully saturated rings. The largest absolute Gasteiger partial charge is 0.480 e. The van der Waals surface area contributed by atoms with Crippen LogP contribution in [0.3, 0.4) is 0 Å². The van der Waals surface area contributed by atoms with E-state index in [0.717, 1.165) is 12.2 Å². The topological polar surface area (TPSA) is 82.1 Å². The van der Waals surface area contributed by atoms with E-state index in [2.05, 4.69) is 20.2 Å². The van der Waals surface area contributed by atoms with Gasteiger partial charge >= 0.3 is 0 Å². The number of nitrogens with zero attached hydrogens (tertiary/aromatic N) is 5. The van der Waals surface area contributed by atoms with Crippen LogP contribution in [0, 0.1) is 0 Å². The molecule has 0 saturated carbocycles. The highest BCUT2D eigenvalue weighted by molar-refractivity contribution is 6.31. The molecule has 8 heteroatoms. The molecule has 0 radical (unpaired) electrons. The number of likely N-dealkylation sites (N-methyl/N-ethyl adjacent to an activating group) is 1. The Morgan fingerprint density at radius 2 is 2.14 bits per heavy atom. The average molecular weight is 311 g/mol. The standard InChI is InChI=1S/C13H19ClN6O/c1-19(2)6-7-20-13(9(14)8-16-20)12(15)10-4-5-11(21-3)18-17-10/h4-5,8,12H,6-7,15H2,1-3H3. The summed E-state index contributed by atoms with van der Waals surface area (Å²) in [6.45, 7) is 1.54. The quantitative estimate of drug-likeness (QED) is 0.855. The monoisotopic (exact) mass is 310 g/mol. The van der Waals surface area contributed by atoms with Crippen molar-refractivity contribution in [1.29, 1.82) is 0 Å². The van der Waals surface area contributed by atoms with Crippen molar-refractivity contribution in [2.75, 3.05) is 27.7 Å². The molecule has 0 saturated heterocycles. The fourth-order valence-corrected chi connectivity index (χ4v) is 2.16. The number of hydrogen-bond acceptors (Lipinski definition) is 6. The van der Waals surface area contributed by atoms with E-state index in [9.17, 15) is 0 Å². The van der Waals surface area contributed by atoms with Gasteiger partial charge in [0.15, 0.2) is 0 Å². The molecule has 0 aliphatic rings. The van der Waals surface area contributed by atoms with Gasteiger partial charge in [-0.05, 0) is 20.2 Å². The Balaban J connectivity index is 2.24. The fourth-order valence-electron chi connectivity index (χ4n) is 1.90. The number of methoxy groups -OCH3 is 1. The van der Waals surface area contributed by atoms with Crippen molar-refractivity contribution in [3.8, 4) is 5.88 Å². The number of aromatic nitrogens is 4. The molecule has 1 unspecified atom stereocenters. The second kappa shape index (κ2) is 6.84. The van der Waals surface area contributed by atoms with E-state index in [1.807, 2.05) is 14.1 Å². The first-order valence-electron chi connectivity index (χ1n) is 6.52. The molecule has 0 bridgehead atoms. The van der Waals surface area contributed by atoms with Crippen LogP contribution in [-0.2, 0) is 6.54 Å². The number of nitrogens with two attached hydrogens (primary N) is 1. The number of halogens is 1. The van der Waals surface area contributed by atoms with Gasteiger partial charge in [-0.25, -0.2) is 0 Å². The molecule has 1 atom stereocenters. The second-order valence-corrected chi connectivity index (χ2v) is 5.29. The first kappa shape index (κ1) is 15.7. The number of rotatable bonds is 6. The lowest BCUT2D eigenvalue weighted by Crippen LogP contribution is -2.24. The van der Waals surface area contributed by atoms with Crippen LogP contribution in [0.5, 0.6) is 5.88 Å². The van der Waals surface area contributed by atoms with Gasteiger partial charge in [0, 0.05) is 12.6 Å². The zero-order valence-corrected chi connectivity index (χ0v) is 13.1. The Morgan fingerprint density at radius 3 is 2.71 bits per heavy atom. The van der Waals surface area contributed by atoms with Gasteiger partial charge in [-0.15, -0.1) is 10.2 Å². The second-order valence-electron chi connectivity index (χ2n) is 4.88. The van der Waals surface area contributed by atoms with Crippen LogP contribution in [0.1, 0.15) is 17.4 Å². The molecule has 0 amide bonds. The third-order valence-electron chi connectivity index (χ3n) is 3.08. The summed E-state index contributed by atoms with van der Waals surface area (Å²) in [4.78, 5) is 2.07. The van der Waals surface area contributed by atoms with Crippen LogP contribution in [0.4, 0.5) is 0 Å². The van der Waals surface area contributed by atoms with Gasteiger partial charge < -0.3 is 15.4 Å². The maximum Gasteiger partial charge on any atom is 0.233 e. The Morgan fingerprint density at radius 1 is 1.38 bits per heavy atom. The van der Waals surface area contributed by atoms with Crippen molar-refractivity contribution in [2.24, 2.45) is 5.73 Å².